The van der Waals surface area contributed by atoms with E-state index in [1.165, 1.54) is 0 Å². The van der Waals surface area contributed by atoms with Crippen LogP contribution in [0.25, 0.3) is 11.1 Å². The number of rotatable bonds is 7. The second-order valence-electron chi connectivity index (χ2n) is 8.79. The highest BCUT2D eigenvalue weighted by atomic mass is 19.3. The molecule has 0 aromatic heterocycles. The molecule has 0 saturated carbocycles. The lowest BCUT2D eigenvalue weighted by molar-refractivity contribution is -0.206. The van der Waals surface area contributed by atoms with Crippen molar-refractivity contribution in [2.75, 3.05) is 13.2 Å². The van der Waals surface area contributed by atoms with Gasteiger partial charge in [0.1, 0.15) is 46.2 Å². The van der Waals surface area contributed by atoms with Crippen LogP contribution in [0.4, 0.5) is 35.1 Å². The van der Waals surface area contributed by atoms with Gasteiger partial charge in [-0.2, -0.15) is 14.0 Å². The molecule has 39 heavy (non-hydrogen) atoms. The molecule has 0 N–H and O–H groups in total. The fourth-order valence-corrected chi connectivity index (χ4v) is 4.19. The summed E-state index contributed by atoms with van der Waals surface area (Å²) in [7, 11) is 0. The van der Waals surface area contributed by atoms with E-state index >= 15 is 0 Å². The highest BCUT2D eigenvalue weighted by molar-refractivity contribution is 5.67. The van der Waals surface area contributed by atoms with Gasteiger partial charge in [-0.15, -0.1) is 0 Å². The lowest BCUT2D eigenvalue weighted by Gasteiger charge is -2.30. The second-order valence-corrected chi connectivity index (χ2v) is 8.79. The van der Waals surface area contributed by atoms with Gasteiger partial charge in [0.2, 0.25) is 0 Å². The molecule has 1 saturated heterocycles. The summed E-state index contributed by atoms with van der Waals surface area (Å²) in [6, 6.07) is 4.38. The van der Waals surface area contributed by atoms with E-state index in [-0.39, 0.29) is 24.7 Å². The molecular formula is C27H19F8NO3. The first-order valence-electron chi connectivity index (χ1n) is 11.6. The molecule has 206 valence electrons. The minimum atomic E-state index is -4.64. The fraction of sp³-hybridized carbons (Fsp3) is 0.296. The molecule has 4 nitrogen and oxygen atoms in total. The van der Waals surface area contributed by atoms with Crippen molar-refractivity contribution in [1.82, 2.24) is 0 Å². The van der Waals surface area contributed by atoms with Crippen molar-refractivity contribution in [3.05, 3.63) is 88.0 Å². The third kappa shape index (κ3) is 5.69. The van der Waals surface area contributed by atoms with E-state index in [1.807, 2.05) is 6.92 Å². The van der Waals surface area contributed by atoms with E-state index in [1.54, 1.807) is 0 Å². The van der Waals surface area contributed by atoms with Gasteiger partial charge in [-0.3, -0.25) is 0 Å². The van der Waals surface area contributed by atoms with Crippen LogP contribution in [0.5, 0.6) is 5.75 Å². The minimum Gasteiger partial charge on any atom is -0.429 e. The van der Waals surface area contributed by atoms with Gasteiger partial charge >= 0.3 is 6.11 Å². The summed E-state index contributed by atoms with van der Waals surface area (Å²) in [4.78, 5) is 0. The molecule has 0 bridgehead atoms. The van der Waals surface area contributed by atoms with Gasteiger partial charge in [0, 0.05) is 28.7 Å². The molecule has 0 amide bonds. The van der Waals surface area contributed by atoms with Crippen molar-refractivity contribution in [3.8, 4) is 22.9 Å². The number of halogens is 8. The van der Waals surface area contributed by atoms with Crippen molar-refractivity contribution in [2.24, 2.45) is 5.92 Å². The number of hydrogen-bond acceptors (Lipinski definition) is 4. The summed E-state index contributed by atoms with van der Waals surface area (Å²) in [5, 5.41) is 8.70. The third-order valence-electron chi connectivity index (χ3n) is 6.04. The van der Waals surface area contributed by atoms with Crippen LogP contribution in [0, 0.1) is 52.2 Å². The number of ether oxygens (including phenoxy) is 3. The Kier molecular flexibility index (Phi) is 8.13. The van der Waals surface area contributed by atoms with Crippen LogP contribution in [0.1, 0.15) is 42.7 Å². The summed E-state index contributed by atoms with van der Waals surface area (Å²) in [5.74, 6) is -10.7. The van der Waals surface area contributed by atoms with E-state index < -0.39 is 75.3 Å². The van der Waals surface area contributed by atoms with Crippen molar-refractivity contribution in [2.45, 2.75) is 32.2 Å². The molecule has 0 unspecified atom stereocenters. The molecule has 0 aliphatic carbocycles. The Morgan fingerprint density at radius 2 is 1.51 bits per heavy atom. The van der Waals surface area contributed by atoms with Gasteiger partial charge in [-0.25, -0.2) is 26.3 Å². The molecule has 4 rings (SSSR count). The first kappa shape index (κ1) is 28.3. The smallest absolute Gasteiger partial charge is 0.429 e. The Labute approximate surface area is 217 Å². The molecule has 0 atom stereocenters. The van der Waals surface area contributed by atoms with Crippen LogP contribution in [0.2, 0.25) is 0 Å². The Morgan fingerprint density at radius 3 is 2.08 bits per heavy atom. The zero-order valence-electron chi connectivity index (χ0n) is 20.1. The van der Waals surface area contributed by atoms with Crippen molar-refractivity contribution in [3.63, 3.8) is 0 Å². The Balaban J connectivity index is 1.57. The summed E-state index contributed by atoms with van der Waals surface area (Å²) in [6.07, 6.45) is -4.11. The molecule has 1 fully saturated rings. The quantitative estimate of drug-likeness (QED) is 0.221. The first-order valence-corrected chi connectivity index (χ1v) is 11.6. The second kappa shape index (κ2) is 11.2. The average Bonchev–Trinajstić information content (AvgIpc) is 2.86. The van der Waals surface area contributed by atoms with Crippen molar-refractivity contribution in [1.29, 1.82) is 5.26 Å². The van der Waals surface area contributed by atoms with E-state index in [4.69, 9.17) is 14.7 Å². The van der Waals surface area contributed by atoms with Crippen LogP contribution in [-0.4, -0.2) is 13.2 Å². The summed E-state index contributed by atoms with van der Waals surface area (Å²) in [5.41, 5.74) is -4.84. The summed E-state index contributed by atoms with van der Waals surface area (Å²) >= 11 is 0. The maximum atomic E-state index is 14.8. The fourth-order valence-electron chi connectivity index (χ4n) is 4.19. The van der Waals surface area contributed by atoms with Crippen LogP contribution < -0.4 is 4.74 Å². The van der Waals surface area contributed by atoms with Gasteiger partial charge < -0.3 is 14.2 Å². The molecule has 3 aromatic carbocycles. The molecule has 1 aliphatic rings. The molecule has 1 aliphatic heterocycles. The van der Waals surface area contributed by atoms with Crippen LogP contribution in [-0.2, 0) is 15.6 Å². The topological polar surface area (TPSA) is 51.5 Å². The molecule has 0 spiro atoms. The van der Waals surface area contributed by atoms with Gasteiger partial charge in [-0.1, -0.05) is 13.3 Å². The molecular weight excluding hydrogens is 538 g/mol. The average molecular weight is 557 g/mol. The van der Waals surface area contributed by atoms with E-state index in [0.29, 0.717) is 36.4 Å². The number of alkyl halides is 2. The predicted molar refractivity (Wildman–Crippen MR) is 120 cm³/mol. The third-order valence-corrected chi connectivity index (χ3v) is 6.04. The number of hydrogen-bond donors (Lipinski definition) is 0. The van der Waals surface area contributed by atoms with Gasteiger partial charge in [0.05, 0.1) is 13.2 Å². The molecule has 0 radical (unpaired) electrons. The normalized spacial score (nSPS) is 17.6. The Morgan fingerprint density at radius 1 is 0.872 bits per heavy atom. The van der Waals surface area contributed by atoms with Crippen molar-refractivity contribution >= 4 is 0 Å². The van der Waals surface area contributed by atoms with Gasteiger partial charge in [0.25, 0.3) is 0 Å². The van der Waals surface area contributed by atoms with Crippen molar-refractivity contribution < 1.29 is 49.3 Å². The Hall–Kier alpha value is -3.69. The largest absolute Gasteiger partial charge is 0.432 e. The van der Waals surface area contributed by atoms with Crippen LogP contribution >= 0.6 is 0 Å². The summed E-state index contributed by atoms with van der Waals surface area (Å²) in [6.45, 7) is 2.49. The monoisotopic (exact) mass is 557 g/mol. The highest BCUT2D eigenvalue weighted by Gasteiger charge is 2.42. The molecule has 3 aromatic rings. The van der Waals surface area contributed by atoms with Gasteiger partial charge in [-0.05, 0) is 36.8 Å². The van der Waals surface area contributed by atoms with Crippen LogP contribution in [0.3, 0.4) is 0 Å². The van der Waals surface area contributed by atoms with E-state index in [0.717, 1.165) is 18.9 Å². The van der Waals surface area contributed by atoms with Gasteiger partial charge in [0.15, 0.2) is 17.9 Å². The number of nitrogens with zero attached hydrogens (tertiary/aromatic N) is 1. The maximum Gasteiger partial charge on any atom is 0.432 e. The van der Waals surface area contributed by atoms with E-state index in [9.17, 15) is 35.1 Å². The van der Waals surface area contributed by atoms with Crippen LogP contribution in [0.15, 0.2) is 36.4 Å². The predicted octanol–water partition coefficient (Wildman–Crippen LogP) is 7.65. The highest BCUT2D eigenvalue weighted by Crippen LogP contribution is 2.39. The lowest BCUT2D eigenvalue weighted by Crippen LogP contribution is -2.28. The summed E-state index contributed by atoms with van der Waals surface area (Å²) < 4.78 is 131. The van der Waals surface area contributed by atoms with E-state index in [2.05, 4.69) is 4.74 Å². The number of benzene rings is 3. The first-order chi connectivity index (χ1) is 18.5. The Bertz CT molecular complexity index is 1410. The number of nitriles is 1. The standard InChI is InChI=1S/C27H19F8NO3/c1-2-3-13-11-37-26(38-12-13)14-6-21(30)23(22(31)7-14)27(34,35)39-15-4-5-16(19(28)8-15)17-9-20(29)18(10-36)25(33)24(17)32/h4-9,13,26H,2-3,11-12H2,1H3. The zero-order valence-corrected chi connectivity index (χ0v) is 20.1. The minimum absolute atomic E-state index is 0.0937. The maximum absolute atomic E-state index is 14.8. The lowest BCUT2D eigenvalue weighted by atomic mass is 10.0. The molecule has 12 heteroatoms. The molecule has 1 heterocycles. The SMILES string of the molecule is CCCC1COC(c2cc(F)c(C(F)(F)Oc3ccc(-c4cc(F)c(C#N)c(F)c4F)c(F)c3)c(F)c2)OC1. The zero-order chi connectivity index (χ0) is 28.5.